The van der Waals surface area contributed by atoms with Gasteiger partial charge in [0.2, 0.25) is 0 Å². The molecule has 0 radical (unpaired) electrons. The van der Waals surface area contributed by atoms with Crippen LogP contribution in [0.5, 0.6) is 0 Å². The maximum atomic E-state index is 9.98. The van der Waals surface area contributed by atoms with Crippen molar-refractivity contribution in [3.63, 3.8) is 0 Å². The smallest absolute Gasteiger partial charge is 0.0692 e. The fourth-order valence-corrected chi connectivity index (χ4v) is 2.18. The van der Waals surface area contributed by atoms with Gasteiger partial charge in [0.15, 0.2) is 0 Å². The zero-order chi connectivity index (χ0) is 12.8. The Morgan fingerprint density at radius 3 is 2.53 bits per heavy atom. The van der Waals surface area contributed by atoms with Crippen molar-refractivity contribution in [3.8, 4) is 0 Å². The van der Waals surface area contributed by atoms with Gasteiger partial charge in [0.05, 0.1) is 11.8 Å². The van der Waals surface area contributed by atoms with Gasteiger partial charge in [0.25, 0.3) is 0 Å². The van der Waals surface area contributed by atoms with Crippen LogP contribution in [0.2, 0.25) is 0 Å². The monoisotopic (exact) mass is 239 g/mol. The van der Waals surface area contributed by atoms with Crippen molar-refractivity contribution in [2.75, 3.05) is 6.54 Å². The summed E-state index contributed by atoms with van der Waals surface area (Å²) in [4.78, 5) is 0. The Kier molecular flexibility index (Phi) is 5.65. The lowest BCUT2D eigenvalue weighted by Gasteiger charge is -2.20. The van der Waals surface area contributed by atoms with Gasteiger partial charge in [-0.1, -0.05) is 26.7 Å². The molecule has 4 heteroatoms. The van der Waals surface area contributed by atoms with Crippen LogP contribution in [0.25, 0.3) is 0 Å². The van der Waals surface area contributed by atoms with Gasteiger partial charge in [-0.2, -0.15) is 5.10 Å². The highest BCUT2D eigenvalue weighted by Crippen LogP contribution is 2.12. The summed E-state index contributed by atoms with van der Waals surface area (Å²) >= 11 is 0. The van der Waals surface area contributed by atoms with E-state index in [-0.39, 0.29) is 6.10 Å². The summed E-state index contributed by atoms with van der Waals surface area (Å²) in [7, 11) is 1.93. The van der Waals surface area contributed by atoms with Crippen molar-refractivity contribution in [1.29, 1.82) is 0 Å². The van der Waals surface area contributed by atoms with Gasteiger partial charge in [-0.25, -0.2) is 0 Å². The number of aromatic nitrogens is 2. The van der Waals surface area contributed by atoms with Crippen LogP contribution in [0.3, 0.4) is 0 Å². The average molecular weight is 239 g/mol. The highest BCUT2D eigenvalue weighted by molar-refractivity contribution is 5.14. The molecule has 1 aromatic heterocycles. The molecule has 1 aromatic rings. The maximum Gasteiger partial charge on any atom is 0.0692 e. The van der Waals surface area contributed by atoms with E-state index < -0.39 is 0 Å². The number of rotatable bonds is 7. The molecule has 1 atom stereocenters. The Balaban J connectivity index is 2.35. The Labute approximate surface area is 104 Å². The van der Waals surface area contributed by atoms with Crippen molar-refractivity contribution in [1.82, 2.24) is 15.1 Å². The second kappa shape index (κ2) is 6.77. The van der Waals surface area contributed by atoms with Crippen LogP contribution in [-0.2, 0) is 13.6 Å². The van der Waals surface area contributed by atoms with Gasteiger partial charge in [-0.3, -0.25) is 4.68 Å². The lowest BCUT2D eigenvalue weighted by Crippen LogP contribution is -2.32. The molecule has 0 aromatic carbocycles. The normalized spacial score (nSPS) is 13.3. The molecule has 0 fully saturated rings. The molecule has 0 amide bonds. The maximum absolute atomic E-state index is 9.98. The van der Waals surface area contributed by atoms with E-state index in [0.29, 0.717) is 12.5 Å². The van der Waals surface area contributed by atoms with E-state index >= 15 is 0 Å². The Hall–Kier alpha value is -0.870. The summed E-state index contributed by atoms with van der Waals surface area (Å²) in [5, 5.41) is 17.6. The molecule has 2 N–H and O–H groups in total. The van der Waals surface area contributed by atoms with Crippen LogP contribution >= 0.6 is 0 Å². The van der Waals surface area contributed by atoms with Crippen molar-refractivity contribution >= 4 is 0 Å². The molecule has 0 aliphatic rings. The average Bonchev–Trinajstić information content (AvgIpc) is 2.59. The molecule has 0 saturated heterocycles. The van der Waals surface area contributed by atoms with Crippen LogP contribution in [0.15, 0.2) is 6.20 Å². The second-order valence-corrected chi connectivity index (χ2v) is 4.69. The lowest BCUT2D eigenvalue weighted by atomic mass is 9.96. The minimum Gasteiger partial charge on any atom is -0.392 e. The summed E-state index contributed by atoms with van der Waals surface area (Å²) in [5.41, 5.74) is 2.25. The summed E-state index contributed by atoms with van der Waals surface area (Å²) in [6.07, 6.45) is 3.84. The van der Waals surface area contributed by atoms with E-state index in [1.165, 1.54) is 5.56 Å². The van der Waals surface area contributed by atoms with Gasteiger partial charge in [-0.05, 0) is 12.8 Å². The number of hydrogen-bond acceptors (Lipinski definition) is 3. The molecule has 0 aliphatic heterocycles. The third-order valence-electron chi connectivity index (χ3n) is 3.38. The first-order valence-electron chi connectivity index (χ1n) is 6.46. The van der Waals surface area contributed by atoms with Crippen molar-refractivity contribution in [2.24, 2.45) is 13.0 Å². The van der Waals surface area contributed by atoms with Gasteiger partial charge in [0.1, 0.15) is 0 Å². The van der Waals surface area contributed by atoms with E-state index in [9.17, 15) is 5.11 Å². The summed E-state index contributed by atoms with van der Waals surface area (Å²) < 4.78 is 1.82. The summed E-state index contributed by atoms with van der Waals surface area (Å²) in [5.74, 6) is 0.400. The van der Waals surface area contributed by atoms with Crippen LogP contribution in [0.4, 0.5) is 0 Å². The predicted molar refractivity (Wildman–Crippen MR) is 69.7 cm³/mol. The highest BCUT2D eigenvalue weighted by Gasteiger charge is 2.14. The fourth-order valence-electron chi connectivity index (χ4n) is 2.18. The van der Waals surface area contributed by atoms with Crippen LogP contribution in [0.1, 0.15) is 37.9 Å². The third kappa shape index (κ3) is 4.13. The highest BCUT2D eigenvalue weighted by atomic mass is 16.3. The van der Waals surface area contributed by atoms with Crippen LogP contribution < -0.4 is 5.32 Å². The molecule has 0 bridgehead atoms. The Morgan fingerprint density at radius 2 is 2.06 bits per heavy atom. The molecule has 0 saturated carbocycles. The van der Waals surface area contributed by atoms with E-state index in [1.54, 1.807) is 0 Å². The molecule has 17 heavy (non-hydrogen) atoms. The zero-order valence-electron chi connectivity index (χ0n) is 11.4. The zero-order valence-corrected chi connectivity index (χ0v) is 11.4. The van der Waals surface area contributed by atoms with E-state index in [1.807, 2.05) is 24.9 Å². The quantitative estimate of drug-likeness (QED) is 0.760. The molecule has 98 valence electrons. The molecular formula is C13H25N3O. The minimum absolute atomic E-state index is 0.248. The molecular weight excluding hydrogens is 214 g/mol. The first-order chi connectivity index (χ1) is 8.08. The van der Waals surface area contributed by atoms with Crippen LogP contribution in [-0.4, -0.2) is 27.5 Å². The lowest BCUT2D eigenvalue weighted by molar-refractivity contribution is 0.101. The van der Waals surface area contributed by atoms with Gasteiger partial charge >= 0.3 is 0 Å². The van der Waals surface area contributed by atoms with Gasteiger partial charge in [0, 0.05) is 31.9 Å². The van der Waals surface area contributed by atoms with E-state index in [4.69, 9.17) is 0 Å². The van der Waals surface area contributed by atoms with Crippen LogP contribution in [0, 0.1) is 12.8 Å². The number of nitrogens with zero attached hydrogens (tertiary/aromatic N) is 2. The largest absolute Gasteiger partial charge is 0.392 e. The van der Waals surface area contributed by atoms with Gasteiger partial charge in [-0.15, -0.1) is 0 Å². The minimum atomic E-state index is -0.248. The molecule has 1 rings (SSSR count). The number of aryl methyl sites for hydroxylation is 2. The van der Waals surface area contributed by atoms with Crippen molar-refractivity contribution in [2.45, 2.75) is 46.3 Å². The molecule has 0 spiro atoms. The van der Waals surface area contributed by atoms with Gasteiger partial charge < -0.3 is 10.4 Å². The van der Waals surface area contributed by atoms with Crippen molar-refractivity contribution < 1.29 is 5.11 Å². The molecule has 1 heterocycles. The second-order valence-electron chi connectivity index (χ2n) is 4.69. The van der Waals surface area contributed by atoms with E-state index in [2.05, 4.69) is 24.3 Å². The first-order valence-corrected chi connectivity index (χ1v) is 6.46. The first kappa shape index (κ1) is 14.2. The topological polar surface area (TPSA) is 50.1 Å². The SMILES string of the molecule is CCC(CC)C(O)CNCc1cn(C)nc1C. The summed E-state index contributed by atoms with van der Waals surface area (Å²) in [6, 6.07) is 0. The Bertz CT molecular complexity index is 331. The number of hydrogen-bond donors (Lipinski definition) is 2. The molecule has 4 nitrogen and oxygen atoms in total. The third-order valence-corrected chi connectivity index (χ3v) is 3.38. The molecule has 0 aliphatic carbocycles. The Morgan fingerprint density at radius 1 is 1.41 bits per heavy atom. The van der Waals surface area contributed by atoms with E-state index in [0.717, 1.165) is 25.1 Å². The predicted octanol–water partition coefficient (Wildman–Crippen LogP) is 1.62. The molecule has 1 unspecified atom stereocenters. The number of aliphatic hydroxyl groups excluding tert-OH is 1. The number of nitrogens with one attached hydrogen (secondary N) is 1. The standard InChI is InChI=1S/C13H25N3O/c1-5-11(6-2)13(17)8-14-7-12-9-16(4)15-10(12)3/h9,11,13-14,17H,5-8H2,1-4H3. The summed E-state index contributed by atoms with van der Waals surface area (Å²) in [6.45, 7) is 7.69. The van der Waals surface area contributed by atoms with Crippen molar-refractivity contribution in [3.05, 3.63) is 17.5 Å². The fraction of sp³-hybridized carbons (Fsp3) is 0.769. The number of aliphatic hydroxyl groups is 1.